The van der Waals surface area contributed by atoms with Crippen molar-refractivity contribution in [2.45, 2.75) is 25.0 Å². The van der Waals surface area contributed by atoms with Crippen LogP contribution in [-0.4, -0.2) is 34.1 Å². The average molecular weight is 268 g/mol. The first-order chi connectivity index (χ1) is 8.60. The van der Waals surface area contributed by atoms with Crippen molar-refractivity contribution in [3.05, 3.63) is 24.5 Å². The Labute approximate surface area is 107 Å². The molecule has 1 aliphatic rings. The van der Waals surface area contributed by atoms with Crippen LogP contribution in [0.4, 0.5) is 5.95 Å². The summed E-state index contributed by atoms with van der Waals surface area (Å²) in [6.07, 6.45) is 5.11. The molecule has 18 heavy (non-hydrogen) atoms. The van der Waals surface area contributed by atoms with Gasteiger partial charge in [0, 0.05) is 19.3 Å². The van der Waals surface area contributed by atoms with E-state index in [4.69, 9.17) is 14.9 Å². The highest BCUT2D eigenvalue weighted by molar-refractivity contribution is 7.43. The highest BCUT2D eigenvalue weighted by Gasteiger charge is 2.35. The highest BCUT2D eigenvalue weighted by Crippen LogP contribution is 2.36. The Morgan fingerprint density at radius 1 is 1.67 bits per heavy atom. The number of anilines is 1. The molecule has 98 valence electrons. The maximum atomic E-state index is 8.97. The van der Waals surface area contributed by atoms with Crippen molar-refractivity contribution in [2.75, 3.05) is 11.9 Å². The molecule has 1 saturated carbocycles. The zero-order valence-electron chi connectivity index (χ0n) is 10.2. The Balaban J connectivity index is 1.92. The van der Waals surface area contributed by atoms with E-state index in [9.17, 15) is 0 Å². The average Bonchev–Trinajstić information content (AvgIpc) is 2.32. The largest absolute Gasteiger partial charge is 0.341 e. The first-order valence-corrected chi connectivity index (χ1v) is 6.97. The standard InChI is InChI=1S/C11H17N4O2P/c1-3-8-4-5-13-11(14-8)15(2)9-6-10(7-9)17-18(12)16/h3-5,9-10,16H,1,6-7,12H2,2H3. The van der Waals surface area contributed by atoms with Crippen molar-refractivity contribution >= 4 is 20.6 Å². The topological polar surface area (TPSA) is 84.5 Å². The van der Waals surface area contributed by atoms with Gasteiger partial charge in [-0.05, 0) is 25.0 Å². The van der Waals surface area contributed by atoms with E-state index in [0.29, 0.717) is 12.0 Å². The summed E-state index contributed by atoms with van der Waals surface area (Å²) >= 11 is 0. The molecule has 7 heteroatoms. The predicted molar refractivity (Wildman–Crippen MR) is 71.7 cm³/mol. The van der Waals surface area contributed by atoms with E-state index >= 15 is 0 Å². The molecule has 0 aromatic carbocycles. The van der Waals surface area contributed by atoms with Gasteiger partial charge in [-0.15, -0.1) is 0 Å². The van der Waals surface area contributed by atoms with E-state index in [-0.39, 0.29) is 6.10 Å². The van der Waals surface area contributed by atoms with Gasteiger partial charge in [0.1, 0.15) is 0 Å². The Morgan fingerprint density at radius 2 is 2.39 bits per heavy atom. The molecular formula is C11H17N4O2P. The van der Waals surface area contributed by atoms with E-state index in [1.54, 1.807) is 12.3 Å². The van der Waals surface area contributed by atoms with E-state index in [1.807, 2.05) is 18.0 Å². The van der Waals surface area contributed by atoms with E-state index in [2.05, 4.69) is 16.5 Å². The van der Waals surface area contributed by atoms with Crippen LogP contribution in [0.5, 0.6) is 0 Å². The van der Waals surface area contributed by atoms with Gasteiger partial charge < -0.3 is 14.3 Å². The molecule has 6 nitrogen and oxygen atoms in total. The predicted octanol–water partition coefficient (Wildman–Crippen LogP) is 1.28. The lowest BCUT2D eigenvalue weighted by molar-refractivity contribution is 0.0999. The first kappa shape index (κ1) is 13.4. The smallest absolute Gasteiger partial charge is 0.250 e. The molecule has 1 aliphatic carbocycles. The van der Waals surface area contributed by atoms with Gasteiger partial charge in [0.05, 0.1) is 11.8 Å². The van der Waals surface area contributed by atoms with Crippen LogP contribution in [0.25, 0.3) is 6.08 Å². The van der Waals surface area contributed by atoms with E-state index in [1.165, 1.54) is 0 Å². The van der Waals surface area contributed by atoms with Crippen LogP contribution in [-0.2, 0) is 4.52 Å². The van der Waals surface area contributed by atoms with Crippen molar-refractivity contribution in [3.8, 4) is 0 Å². The fourth-order valence-electron chi connectivity index (χ4n) is 1.90. The van der Waals surface area contributed by atoms with Crippen LogP contribution in [0.3, 0.4) is 0 Å². The number of aromatic nitrogens is 2. The van der Waals surface area contributed by atoms with Crippen LogP contribution in [0.15, 0.2) is 18.8 Å². The van der Waals surface area contributed by atoms with Crippen LogP contribution >= 0.6 is 8.53 Å². The molecule has 0 bridgehead atoms. The molecule has 1 fully saturated rings. The number of hydrogen-bond acceptors (Lipinski definition) is 6. The van der Waals surface area contributed by atoms with Gasteiger partial charge in [0.25, 0.3) is 0 Å². The van der Waals surface area contributed by atoms with Gasteiger partial charge in [-0.2, -0.15) is 0 Å². The number of nitrogens with zero attached hydrogens (tertiary/aromatic N) is 3. The molecule has 1 heterocycles. The van der Waals surface area contributed by atoms with Gasteiger partial charge in [-0.3, -0.25) is 5.50 Å². The molecule has 0 radical (unpaired) electrons. The number of rotatable bonds is 5. The van der Waals surface area contributed by atoms with Crippen molar-refractivity contribution in [1.82, 2.24) is 9.97 Å². The Hall–Kier alpha value is -1.07. The second-order valence-corrected chi connectivity index (χ2v) is 5.07. The number of hydrogen-bond donors (Lipinski definition) is 2. The fourth-order valence-corrected chi connectivity index (χ4v) is 2.38. The summed E-state index contributed by atoms with van der Waals surface area (Å²) in [5.41, 5.74) is 6.03. The summed E-state index contributed by atoms with van der Waals surface area (Å²) in [7, 11) is 0.194. The minimum Gasteiger partial charge on any atom is -0.341 e. The summed E-state index contributed by atoms with van der Waals surface area (Å²) in [6.45, 7) is 3.69. The second-order valence-electron chi connectivity index (χ2n) is 4.25. The normalized spacial score (nSPS) is 24.2. The van der Waals surface area contributed by atoms with E-state index < -0.39 is 8.53 Å². The second kappa shape index (κ2) is 5.71. The van der Waals surface area contributed by atoms with Crippen LogP contribution < -0.4 is 10.4 Å². The zero-order chi connectivity index (χ0) is 13.1. The first-order valence-electron chi connectivity index (χ1n) is 5.69. The third-order valence-corrected chi connectivity index (χ3v) is 3.58. The minimum atomic E-state index is -1.76. The lowest BCUT2D eigenvalue weighted by Crippen LogP contribution is -2.46. The Bertz CT molecular complexity index is 423. The summed E-state index contributed by atoms with van der Waals surface area (Å²) in [5, 5.41) is 0. The zero-order valence-corrected chi connectivity index (χ0v) is 11.1. The van der Waals surface area contributed by atoms with Gasteiger partial charge in [-0.1, -0.05) is 6.58 Å². The molecule has 1 unspecified atom stereocenters. The SMILES string of the molecule is C=Cc1ccnc(N(C)C2CC(OP(N)O)C2)n1. The van der Waals surface area contributed by atoms with Gasteiger partial charge >= 0.3 is 0 Å². The third kappa shape index (κ3) is 3.03. The lowest BCUT2D eigenvalue weighted by atomic mass is 9.88. The maximum Gasteiger partial charge on any atom is 0.250 e. The van der Waals surface area contributed by atoms with Crippen molar-refractivity contribution in [2.24, 2.45) is 5.50 Å². The molecule has 0 aliphatic heterocycles. The Kier molecular flexibility index (Phi) is 4.24. The summed E-state index contributed by atoms with van der Waals surface area (Å²) in [5.74, 6) is 0.676. The fraction of sp³-hybridized carbons (Fsp3) is 0.455. The number of nitrogens with two attached hydrogens (primary N) is 1. The summed E-state index contributed by atoms with van der Waals surface area (Å²) in [6, 6.07) is 2.13. The molecule has 0 saturated heterocycles. The van der Waals surface area contributed by atoms with Crippen LogP contribution in [0, 0.1) is 0 Å². The molecule has 0 amide bonds. The molecule has 1 atom stereocenters. The van der Waals surface area contributed by atoms with Gasteiger partial charge in [0.2, 0.25) is 14.5 Å². The summed E-state index contributed by atoms with van der Waals surface area (Å²) < 4.78 is 5.16. The van der Waals surface area contributed by atoms with Crippen molar-refractivity contribution < 1.29 is 9.42 Å². The summed E-state index contributed by atoms with van der Waals surface area (Å²) in [4.78, 5) is 19.6. The molecule has 1 aromatic rings. The quantitative estimate of drug-likeness (QED) is 0.783. The van der Waals surface area contributed by atoms with E-state index in [0.717, 1.165) is 18.5 Å². The van der Waals surface area contributed by atoms with Crippen molar-refractivity contribution in [1.29, 1.82) is 0 Å². The third-order valence-electron chi connectivity index (χ3n) is 3.06. The monoisotopic (exact) mass is 268 g/mol. The van der Waals surface area contributed by atoms with Gasteiger partial charge in [-0.25, -0.2) is 9.97 Å². The van der Waals surface area contributed by atoms with Crippen molar-refractivity contribution in [3.63, 3.8) is 0 Å². The lowest BCUT2D eigenvalue weighted by Gasteiger charge is -2.40. The molecule has 2 rings (SSSR count). The van der Waals surface area contributed by atoms with Crippen LogP contribution in [0.2, 0.25) is 0 Å². The maximum absolute atomic E-state index is 8.97. The molecule has 1 aromatic heterocycles. The highest BCUT2D eigenvalue weighted by atomic mass is 31.2. The van der Waals surface area contributed by atoms with Gasteiger partial charge in [0.15, 0.2) is 0 Å². The molecule has 3 N–H and O–H groups in total. The molecular weight excluding hydrogens is 251 g/mol. The molecule has 0 spiro atoms. The van der Waals surface area contributed by atoms with Crippen LogP contribution in [0.1, 0.15) is 18.5 Å². The Morgan fingerprint density at radius 3 is 3.00 bits per heavy atom. The minimum absolute atomic E-state index is 0.0427.